The summed E-state index contributed by atoms with van der Waals surface area (Å²) in [5, 5.41) is 3.95. The Morgan fingerprint density at radius 3 is 2.81 bits per heavy atom. The van der Waals surface area contributed by atoms with Crippen LogP contribution in [0.5, 0.6) is 0 Å². The maximum absolute atomic E-state index is 5.31. The van der Waals surface area contributed by atoms with Gasteiger partial charge in [0.05, 0.1) is 18.8 Å². The van der Waals surface area contributed by atoms with Gasteiger partial charge in [-0.15, -0.1) is 0 Å². The molecule has 6 nitrogen and oxygen atoms in total. The van der Waals surface area contributed by atoms with Crippen molar-refractivity contribution in [2.75, 3.05) is 19.6 Å². The Labute approximate surface area is 125 Å². The number of aromatic nitrogens is 3. The van der Waals surface area contributed by atoms with Crippen LogP contribution in [0.1, 0.15) is 24.2 Å². The molecule has 21 heavy (non-hydrogen) atoms. The fourth-order valence-electron chi connectivity index (χ4n) is 2.89. The zero-order valence-electron chi connectivity index (χ0n) is 13.0. The molecule has 0 saturated carbocycles. The van der Waals surface area contributed by atoms with Gasteiger partial charge in [0, 0.05) is 51.2 Å². The van der Waals surface area contributed by atoms with Crippen molar-refractivity contribution in [2.24, 2.45) is 7.05 Å². The number of hydrogen-bond acceptors (Lipinski definition) is 5. The van der Waals surface area contributed by atoms with Crippen LogP contribution in [0.15, 0.2) is 23.0 Å². The van der Waals surface area contributed by atoms with Crippen molar-refractivity contribution in [2.45, 2.75) is 33.0 Å². The van der Waals surface area contributed by atoms with Crippen LogP contribution in [0.4, 0.5) is 0 Å². The predicted octanol–water partition coefficient (Wildman–Crippen LogP) is 1.42. The summed E-state index contributed by atoms with van der Waals surface area (Å²) < 4.78 is 7.41. The van der Waals surface area contributed by atoms with Crippen LogP contribution in [-0.4, -0.2) is 50.2 Å². The van der Waals surface area contributed by atoms with E-state index < -0.39 is 0 Å². The molecule has 1 aliphatic heterocycles. The summed E-state index contributed by atoms with van der Waals surface area (Å²) in [5.41, 5.74) is 0.950. The normalized spacial score (nSPS) is 21.0. The minimum Gasteiger partial charge on any atom is -0.360 e. The van der Waals surface area contributed by atoms with Crippen molar-refractivity contribution < 1.29 is 4.52 Å². The first-order valence-electron chi connectivity index (χ1n) is 7.46. The molecule has 1 aliphatic rings. The Morgan fingerprint density at radius 1 is 1.33 bits per heavy atom. The number of nitrogens with zero attached hydrogens (tertiary/aromatic N) is 5. The molecule has 1 saturated heterocycles. The fourth-order valence-corrected chi connectivity index (χ4v) is 2.89. The number of imidazole rings is 1. The Balaban J connectivity index is 1.55. The molecule has 2 aromatic rings. The lowest BCUT2D eigenvalue weighted by atomic mass is 10.2. The van der Waals surface area contributed by atoms with Crippen molar-refractivity contribution in [3.05, 3.63) is 35.7 Å². The average Bonchev–Trinajstić information content (AvgIpc) is 3.02. The summed E-state index contributed by atoms with van der Waals surface area (Å²) in [4.78, 5) is 9.34. The smallest absolute Gasteiger partial charge is 0.150 e. The number of rotatable bonds is 4. The Hall–Kier alpha value is -1.66. The first-order valence-corrected chi connectivity index (χ1v) is 7.46. The van der Waals surface area contributed by atoms with Gasteiger partial charge in [-0.3, -0.25) is 9.80 Å². The van der Waals surface area contributed by atoms with Gasteiger partial charge in [0.2, 0.25) is 0 Å². The fraction of sp³-hybridized carbons (Fsp3) is 0.600. The molecule has 6 heteroatoms. The van der Waals surface area contributed by atoms with Gasteiger partial charge in [-0.05, 0) is 13.8 Å². The van der Waals surface area contributed by atoms with Gasteiger partial charge in [-0.25, -0.2) is 4.98 Å². The van der Waals surface area contributed by atoms with Gasteiger partial charge in [0.15, 0.2) is 5.76 Å². The molecule has 0 bridgehead atoms. The second-order valence-electron chi connectivity index (χ2n) is 5.94. The van der Waals surface area contributed by atoms with Gasteiger partial charge in [0.25, 0.3) is 0 Å². The minimum atomic E-state index is 0.513. The van der Waals surface area contributed by atoms with Crippen LogP contribution in [0.25, 0.3) is 0 Å². The molecular weight excluding hydrogens is 266 g/mol. The molecule has 0 amide bonds. The minimum absolute atomic E-state index is 0.513. The number of aryl methyl sites for hydroxylation is 2. The van der Waals surface area contributed by atoms with Crippen LogP contribution >= 0.6 is 0 Å². The van der Waals surface area contributed by atoms with E-state index in [4.69, 9.17) is 4.52 Å². The van der Waals surface area contributed by atoms with E-state index in [1.807, 2.05) is 25.4 Å². The molecule has 3 heterocycles. The SMILES string of the molecule is Cc1cc(CN2CCN(Cc3nccn3C)C(C)C2)on1. The van der Waals surface area contributed by atoms with Crippen molar-refractivity contribution in [3.63, 3.8) is 0 Å². The van der Waals surface area contributed by atoms with Gasteiger partial charge in [-0.1, -0.05) is 5.16 Å². The van der Waals surface area contributed by atoms with Crippen LogP contribution in [0, 0.1) is 6.92 Å². The average molecular weight is 289 g/mol. The molecule has 3 rings (SSSR count). The van der Waals surface area contributed by atoms with Crippen molar-refractivity contribution >= 4 is 0 Å². The molecule has 1 atom stereocenters. The lowest BCUT2D eigenvalue weighted by molar-refractivity contribution is 0.0655. The molecule has 0 N–H and O–H groups in total. The quantitative estimate of drug-likeness (QED) is 0.852. The predicted molar refractivity (Wildman–Crippen MR) is 79.6 cm³/mol. The Bertz CT molecular complexity index is 590. The van der Waals surface area contributed by atoms with E-state index in [9.17, 15) is 0 Å². The molecular formula is C15H23N5O. The van der Waals surface area contributed by atoms with Crippen molar-refractivity contribution in [3.8, 4) is 0 Å². The highest BCUT2D eigenvalue weighted by molar-refractivity contribution is 5.03. The second-order valence-corrected chi connectivity index (χ2v) is 5.94. The highest BCUT2D eigenvalue weighted by atomic mass is 16.5. The number of hydrogen-bond donors (Lipinski definition) is 0. The largest absolute Gasteiger partial charge is 0.360 e. The lowest BCUT2D eigenvalue weighted by Gasteiger charge is -2.39. The molecule has 2 aromatic heterocycles. The monoisotopic (exact) mass is 289 g/mol. The van der Waals surface area contributed by atoms with E-state index in [0.29, 0.717) is 6.04 Å². The molecule has 0 radical (unpaired) electrons. The van der Waals surface area contributed by atoms with Crippen LogP contribution in [-0.2, 0) is 20.1 Å². The maximum atomic E-state index is 5.31. The van der Waals surface area contributed by atoms with E-state index in [1.165, 1.54) is 0 Å². The van der Waals surface area contributed by atoms with Crippen molar-refractivity contribution in [1.82, 2.24) is 24.5 Å². The van der Waals surface area contributed by atoms with E-state index in [1.54, 1.807) is 0 Å². The Morgan fingerprint density at radius 2 is 2.19 bits per heavy atom. The molecule has 1 unspecified atom stereocenters. The summed E-state index contributed by atoms with van der Waals surface area (Å²) in [6.45, 7) is 9.16. The van der Waals surface area contributed by atoms with E-state index in [2.05, 4.69) is 38.5 Å². The van der Waals surface area contributed by atoms with Gasteiger partial charge in [0.1, 0.15) is 5.82 Å². The molecule has 1 fully saturated rings. The zero-order valence-corrected chi connectivity index (χ0v) is 13.0. The van der Waals surface area contributed by atoms with Gasteiger partial charge < -0.3 is 9.09 Å². The molecule has 0 aliphatic carbocycles. The van der Waals surface area contributed by atoms with E-state index in [-0.39, 0.29) is 0 Å². The van der Waals surface area contributed by atoms with E-state index >= 15 is 0 Å². The summed E-state index contributed by atoms with van der Waals surface area (Å²) in [6, 6.07) is 2.53. The summed E-state index contributed by atoms with van der Waals surface area (Å²) >= 11 is 0. The lowest BCUT2D eigenvalue weighted by Crippen LogP contribution is -2.51. The van der Waals surface area contributed by atoms with Crippen LogP contribution < -0.4 is 0 Å². The third kappa shape index (κ3) is 3.33. The van der Waals surface area contributed by atoms with Gasteiger partial charge in [-0.2, -0.15) is 0 Å². The van der Waals surface area contributed by atoms with Crippen LogP contribution in [0.3, 0.4) is 0 Å². The molecule has 0 aromatic carbocycles. The van der Waals surface area contributed by atoms with Crippen molar-refractivity contribution in [1.29, 1.82) is 0 Å². The summed E-state index contributed by atoms with van der Waals surface area (Å²) in [6.07, 6.45) is 3.87. The van der Waals surface area contributed by atoms with Crippen LogP contribution in [0.2, 0.25) is 0 Å². The highest BCUT2D eigenvalue weighted by Gasteiger charge is 2.25. The number of piperazine rings is 1. The second kappa shape index (κ2) is 5.99. The zero-order chi connectivity index (χ0) is 14.8. The summed E-state index contributed by atoms with van der Waals surface area (Å²) in [7, 11) is 2.05. The topological polar surface area (TPSA) is 50.3 Å². The third-order valence-electron chi connectivity index (χ3n) is 4.17. The molecule has 0 spiro atoms. The standard InChI is InChI=1S/C15H23N5O/c1-12-8-14(21-17-12)10-19-6-7-20(13(2)9-19)11-15-16-4-5-18(15)3/h4-5,8,13H,6-7,9-11H2,1-3H3. The molecule has 114 valence electrons. The first-order chi connectivity index (χ1) is 10.1. The third-order valence-corrected chi connectivity index (χ3v) is 4.17. The van der Waals surface area contributed by atoms with E-state index in [0.717, 1.165) is 50.0 Å². The maximum Gasteiger partial charge on any atom is 0.150 e. The Kier molecular flexibility index (Phi) is 4.07. The first kappa shape index (κ1) is 14.3. The van der Waals surface area contributed by atoms with Gasteiger partial charge >= 0.3 is 0 Å². The highest BCUT2D eigenvalue weighted by Crippen LogP contribution is 2.15. The summed E-state index contributed by atoms with van der Waals surface area (Å²) in [5.74, 6) is 2.08.